The molecule has 0 aromatic heterocycles. The number of benzene rings is 1. The number of fused-ring (bicyclic) bond motifs is 1. The average molecular weight is 289 g/mol. The quantitative estimate of drug-likeness (QED) is 0.663. The van der Waals surface area contributed by atoms with Gasteiger partial charge in [0.15, 0.2) is 0 Å². The first-order valence-electron chi connectivity index (χ1n) is 8.02. The third-order valence-corrected chi connectivity index (χ3v) is 5.10. The van der Waals surface area contributed by atoms with E-state index in [1.165, 1.54) is 38.5 Å². The number of hydrogen-bond acceptors (Lipinski definition) is 2. The van der Waals surface area contributed by atoms with Gasteiger partial charge in [-0.05, 0) is 44.2 Å². The molecule has 1 aromatic rings. The Balaban J connectivity index is 1.79. The van der Waals surface area contributed by atoms with E-state index < -0.39 is 0 Å². The van der Waals surface area contributed by atoms with Crippen molar-refractivity contribution in [2.75, 3.05) is 6.54 Å². The van der Waals surface area contributed by atoms with Crippen molar-refractivity contribution >= 4 is 5.84 Å². The lowest BCUT2D eigenvalue weighted by Crippen LogP contribution is -2.46. The van der Waals surface area contributed by atoms with Crippen molar-refractivity contribution in [3.05, 3.63) is 35.1 Å². The highest BCUT2D eigenvalue weighted by Gasteiger charge is 2.33. The van der Waals surface area contributed by atoms with Gasteiger partial charge in [-0.25, -0.2) is 4.39 Å². The van der Waals surface area contributed by atoms with Gasteiger partial charge in [-0.1, -0.05) is 25.0 Å². The number of hydrogen-bond donors (Lipinski definition) is 2. The molecule has 0 bridgehead atoms. The molecular weight excluding hydrogens is 265 g/mol. The predicted octanol–water partition coefficient (Wildman–Crippen LogP) is 3.26. The molecule has 1 aliphatic heterocycles. The van der Waals surface area contributed by atoms with Crippen LogP contribution in [-0.2, 0) is 6.54 Å². The molecule has 0 amide bonds. The minimum absolute atomic E-state index is 0.191. The third kappa shape index (κ3) is 2.95. The summed E-state index contributed by atoms with van der Waals surface area (Å²) < 4.78 is 14.5. The van der Waals surface area contributed by atoms with Crippen molar-refractivity contribution < 1.29 is 4.39 Å². The molecule has 4 heteroatoms. The molecule has 114 valence electrons. The molecule has 3 nitrogen and oxygen atoms in total. The fourth-order valence-corrected chi connectivity index (χ4v) is 4.05. The van der Waals surface area contributed by atoms with E-state index in [1.54, 1.807) is 12.1 Å². The first-order valence-corrected chi connectivity index (χ1v) is 8.02. The Labute approximate surface area is 125 Å². The summed E-state index contributed by atoms with van der Waals surface area (Å²) in [4.78, 5) is 2.45. The molecule has 3 rings (SSSR count). The van der Waals surface area contributed by atoms with Crippen molar-refractivity contribution in [2.24, 2.45) is 11.7 Å². The molecule has 3 N–H and O–H groups in total. The first kappa shape index (κ1) is 14.5. The summed E-state index contributed by atoms with van der Waals surface area (Å²) in [5, 5.41) is 7.46. The van der Waals surface area contributed by atoms with Crippen molar-refractivity contribution in [3.63, 3.8) is 0 Å². The van der Waals surface area contributed by atoms with E-state index in [1.807, 2.05) is 6.07 Å². The highest BCUT2D eigenvalue weighted by molar-refractivity contribution is 5.95. The molecule has 1 aliphatic carbocycles. The minimum atomic E-state index is -0.317. The van der Waals surface area contributed by atoms with Crippen LogP contribution in [-0.4, -0.2) is 23.3 Å². The number of nitrogens with one attached hydrogen (secondary N) is 1. The van der Waals surface area contributed by atoms with Crippen LogP contribution >= 0.6 is 0 Å². The van der Waals surface area contributed by atoms with Crippen LogP contribution in [0.5, 0.6) is 0 Å². The Kier molecular flexibility index (Phi) is 4.24. The maximum absolute atomic E-state index is 14.5. The van der Waals surface area contributed by atoms with Crippen molar-refractivity contribution in [1.82, 2.24) is 4.90 Å². The second kappa shape index (κ2) is 6.14. The van der Waals surface area contributed by atoms with Crippen molar-refractivity contribution in [1.29, 1.82) is 5.41 Å². The molecule has 0 radical (unpaired) electrons. The van der Waals surface area contributed by atoms with Gasteiger partial charge >= 0.3 is 0 Å². The normalized spacial score (nSPS) is 26.3. The number of nitrogen functional groups attached to an aromatic ring is 1. The number of nitrogens with zero attached hydrogens (tertiary/aromatic N) is 1. The van der Waals surface area contributed by atoms with E-state index in [2.05, 4.69) is 4.90 Å². The smallest absolute Gasteiger partial charge is 0.138 e. The lowest BCUT2D eigenvalue weighted by molar-refractivity contribution is 0.0539. The van der Waals surface area contributed by atoms with Gasteiger partial charge in [0.25, 0.3) is 0 Å². The van der Waals surface area contributed by atoms with Crippen LogP contribution in [0.25, 0.3) is 0 Å². The molecule has 2 aliphatic rings. The average Bonchev–Trinajstić information content (AvgIpc) is 2.49. The van der Waals surface area contributed by atoms with E-state index in [0.29, 0.717) is 18.2 Å². The largest absolute Gasteiger partial charge is 0.384 e. The summed E-state index contributed by atoms with van der Waals surface area (Å²) in [5.41, 5.74) is 6.35. The van der Waals surface area contributed by atoms with Gasteiger partial charge in [0, 0.05) is 18.2 Å². The summed E-state index contributed by atoms with van der Waals surface area (Å²) in [7, 11) is 0. The van der Waals surface area contributed by atoms with E-state index in [4.69, 9.17) is 11.1 Å². The van der Waals surface area contributed by atoms with E-state index in [0.717, 1.165) is 12.5 Å². The number of nitrogens with two attached hydrogens (primary N) is 1. The molecule has 1 saturated carbocycles. The Morgan fingerprint density at radius 2 is 2.00 bits per heavy atom. The third-order valence-electron chi connectivity index (χ3n) is 5.10. The molecule has 2 fully saturated rings. The summed E-state index contributed by atoms with van der Waals surface area (Å²) in [6, 6.07) is 5.83. The zero-order valence-corrected chi connectivity index (χ0v) is 12.4. The fourth-order valence-electron chi connectivity index (χ4n) is 4.05. The standard InChI is InChI=1S/C17H24FN3/c18-16-13(6-3-8-14(16)17(19)20)11-21-10-4-7-12-5-1-2-9-15(12)21/h3,6,8,12,15H,1-2,4-5,7,9-11H2,(H3,19,20)/t12-,15-/m1/s1. The number of rotatable bonds is 3. The van der Waals surface area contributed by atoms with Crippen LogP contribution in [0.15, 0.2) is 18.2 Å². The molecular formula is C17H24FN3. The van der Waals surface area contributed by atoms with E-state index >= 15 is 0 Å². The molecule has 1 heterocycles. The monoisotopic (exact) mass is 289 g/mol. The van der Waals surface area contributed by atoms with E-state index in [9.17, 15) is 4.39 Å². The van der Waals surface area contributed by atoms with Crippen LogP contribution < -0.4 is 5.73 Å². The highest BCUT2D eigenvalue weighted by Crippen LogP contribution is 2.36. The van der Waals surface area contributed by atoms with Crippen molar-refractivity contribution in [3.8, 4) is 0 Å². The van der Waals surface area contributed by atoms with Crippen LogP contribution in [0.4, 0.5) is 4.39 Å². The van der Waals surface area contributed by atoms with Crippen LogP contribution in [0.2, 0.25) is 0 Å². The second-order valence-electron chi connectivity index (χ2n) is 6.42. The lowest BCUT2D eigenvalue weighted by Gasteiger charge is -2.44. The molecule has 0 spiro atoms. The van der Waals surface area contributed by atoms with Gasteiger partial charge in [0.1, 0.15) is 11.7 Å². The zero-order chi connectivity index (χ0) is 14.8. The Bertz CT molecular complexity index is 527. The number of likely N-dealkylation sites (tertiary alicyclic amines) is 1. The van der Waals surface area contributed by atoms with Gasteiger partial charge < -0.3 is 5.73 Å². The Morgan fingerprint density at radius 3 is 2.81 bits per heavy atom. The Morgan fingerprint density at radius 1 is 1.24 bits per heavy atom. The summed E-state index contributed by atoms with van der Waals surface area (Å²) >= 11 is 0. The minimum Gasteiger partial charge on any atom is -0.384 e. The van der Waals surface area contributed by atoms with E-state index in [-0.39, 0.29) is 17.2 Å². The van der Waals surface area contributed by atoms with Gasteiger partial charge in [-0.2, -0.15) is 0 Å². The van der Waals surface area contributed by atoms with Crippen LogP contribution in [0, 0.1) is 17.1 Å². The molecule has 1 saturated heterocycles. The first-order chi connectivity index (χ1) is 10.2. The predicted molar refractivity (Wildman–Crippen MR) is 82.8 cm³/mol. The SMILES string of the molecule is N=C(N)c1cccc(CN2CCC[C@H]3CCCC[C@H]32)c1F. The molecule has 21 heavy (non-hydrogen) atoms. The number of amidine groups is 1. The summed E-state index contributed by atoms with van der Waals surface area (Å²) in [5.74, 6) is 0.290. The van der Waals surface area contributed by atoms with Crippen LogP contribution in [0.1, 0.15) is 49.7 Å². The summed E-state index contributed by atoms with van der Waals surface area (Å²) in [6.07, 6.45) is 7.78. The van der Waals surface area contributed by atoms with Crippen LogP contribution in [0.3, 0.4) is 0 Å². The maximum atomic E-state index is 14.5. The fraction of sp³-hybridized carbons (Fsp3) is 0.588. The molecule has 0 unspecified atom stereocenters. The maximum Gasteiger partial charge on any atom is 0.138 e. The van der Waals surface area contributed by atoms with Gasteiger partial charge in [-0.15, -0.1) is 0 Å². The second-order valence-corrected chi connectivity index (χ2v) is 6.42. The number of piperidine rings is 1. The zero-order valence-electron chi connectivity index (χ0n) is 12.4. The van der Waals surface area contributed by atoms with Gasteiger partial charge in [0.2, 0.25) is 0 Å². The number of halogens is 1. The molecule has 2 atom stereocenters. The lowest BCUT2D eigenvalue weighted by atomic mass is 9.78. The Hall–Kier alpha value is -1.42. The highest BCUT2D eigenvalue weighted by atomic mass is 19.1. The topological polar surface area (TPSA) is 53.1 Å². The van der Waals surface area contributed by atoms with Gasteiger partial charge in [0.05, 0.1) is 5.56 Å². The molecule has 1 aromatic carbocycles. The van der Waals surface area contributed by atoms with Crippen molar-refractivity contribution in [2.45, 2.75) is 51.1 Å². The summed E-state index contributed by atoms with van der Waals surface area (Å²) in [6.45, 7) is 1.71. The van der Waals surface area contributed by atoms with Gasteiger partial charge in [-0.3, -0.25) is 10.3 Å².